The van der Waals surface area contributed by atoms with E-state index in [-0.39, 0.29) is 18.4 Å². The van der Waals surface area contributed by atoms with Gasteiger partial charge >= 0.3 is 0 Å². The zero-order chi connectivity index (χ0) is 11.7. The largest absolute Gasteiger partial charge is 0.312 e. The highest BCUT2D eigenvalue weighted by Crippen LogP contribution is 2.21. The van der Waals surface area contributed by atoms with Crippen molar-refractivity contribution in [2.75, 3.05) is 7.05 Å². The van der Waals surface area contributed by atoms with E-state index in [1.165, 1.54) is 0 Å². The lowest BCUT2D eigenvalue weighted by Gasteiger charge is -2.09. The minimum Gasteiger partial charge on any atom is -0.312 e. The van der Waals surface area contributed by atoms with Crippen molar-refractivity contribution in [1.29, 1.82) is 0 Å². The van der Waals surface area contributed by atoms with Crippen molar-refractivity contribution in [2.24, 2.45) is 0 Å². The lowest BCUT2D eigenvalue weighted by Crippen LogP contribution is -2.15. The normalized spacial score (nSPS) is 12.5. The third-order valence-corrected chi connectivity index (χ3v) is 2.95. The average Bonchev–Trinajstić information content (AvgIpc) is 2.63. The molecule has 2 heterocycles. The van der Waals surface area contributed by atoms with Crippen LogP contribution in [0.3, 0.4) is 0 Å². The number of hydrogen-bond acceptors (Lipinski definition) is 3. The summed E-state index contributed by atoms with van der Waals surface area (Å²) in [6.45, 7) is 2.09. The molecule has 17 heavy (non-hydrogen) atoms. The molecule has 94 valence electrons. The lowest BCUT2D eigenvalue weighted by atomic mass is 10.1. The van der Waals surface area contributed by atoms with Crippen LogP contribution in [-0.4, -0.2) is 21.6 Å². The van der Waals surface area contributed by atoms with Crippen molar-refractivity contribution in [2.45, 2.75) is 19.4 Å². The molecule has 1 atom stereocenters. The molecule has 0 bridgehead atoms. The summed E-state index contributed by atoms with van der Waals surface area (Å²) in [5.74, 6) is 0. The van der Waals surface area contributed by atoms with Gasteiger partial charge in [0.25, 0.3) is 0 Å². The van der Waals surface area contributed by atoms with Crippen LogP contribution in [0.2, 0.25) is 10.3 Å². The fraction of sp³-hybridized carbons (Fsp3) is 0.400. The minimum atomic E-state index is 0. The molecule has 2 aromatic heterocycles. The quantitative estimate of drug-likeness (QED) is 0.885. The second-order valence-corrected chi connectivity index (χ2v) is 4.26. The van der Waals surface area contributed by atoms with E-state index in [2.05, 4.69) is 22.3 Å². The van der Waals surface area contributed by atoms with E-state index >= 15 is 0 Å². The Balaban J connectivity index is 0.00000144. The Hall–Kier alpha value is -0.550. The highest BCUT2D eigenvalue weighted by Gasteiger charge is 2.13. The maximum absolute atomic E-state index is 6.02. The molecule has 0 aromatic carbocycles. The molecule has 7 heteroatoms. The maximum Gasteiger partial charge on any atom is 0.158 e. The van der Waals surface area contributed by atoms with Gasteiger partial charge in [0, 0.05) is 12.1 Å². The van der Waals surface area contributed by atoms with Crippen molar-refractivity contribution in [3.8, 4) is 0 Å². The van der Waals surface area contributed by atoms with E-state index in [0.29, 0.717) is 16.0 Å². The predicted molar refractivity (Wildman–Crippen MR) is 72.3 cm³/mol. The first-order valence-electron chi connectivity index (χ1n) is 5.04. The van der Waals surface area contributed by atoms with Gasteiger partial charge < -0.3 is 5.32 Å². The summed E-state index contributed by atoms with van der Waals surface area (Å²) in [5, 5.41) is 8.42. The number of hydrogen-bond donors (Lipinski definition) is 1. The van der Waals surface area contributed by atoms with Crippen LogP contribution in [-0.2, 0) is 0 Å². The van der Waals surface area contributed by atoms with Crippen molar-refractivity contribution in [3.05, 3.63) is 28.1 Å². The summed E-state index contributed by atoms with van der Waals surface area (Å²) in [6, 6.07) is 3.67. The number of fused-ring (bicyclic) bond motifs is 1. The summed E-state index contributed by atoms with van der Waals surface area (Å²) in [4.78, 5) is 4.16. The van der Waals surface area contributed by atoms with Gasteiger partial charge in [-0.05, 0) is 13.5 Å². The van der Waals surface area contributed by atoms with E-state index in [4.69, 9.17) is 23.2 Å². The number of aromatic nitrogens is 3. The van der Waals surface area contributed by atoms with Crippen LogP contribution in [0.1, 0.15) is 25.1 Å². The second-order valence-electron chi connectivity index (χ2n) is 3.49. The maximum atomic E-state index is 6.02. The number of nitrogens with one attached hydrogen (secondary N) is 1. The fourth-order valence-corrected chi connectivity index (χ4v) is 2.13. The first-order chi connectivity index (χ1) is 7.65. The van der Waals surface area contributed by atoms with Crippen LogP contribution in [0, 0.1) is 0 Å². The zero-order valence-electron chi connectivity index (χ0n) is 9.44. The topological polar surface area (TPSA) is 42.2 Å². The van der Waals surface area contributed by atoms with Crippen LogP contribution < -0.4 is 5.32 Å². The molecule has 0 aliphatic heterocycles. The van der Waals surface area contributed by atoms with Gasteiger partial charge in [0.2, 0.25) is 0 Å². The predicted octanol–water partition coefficient (Wildman–Crippen LogP) is 3.13. The molecular weight excluding hydrogens is 282 g/mol. The van der Waals surface area contributed by atoms with Gasteiger partial charge in [-0.1, -0.05) is 30.1 Å². The minimum absolute atomic E-state index is 0. The van der Waals surface area contributed by atoms with Crippen molar-refractivity contribution in [1.82, 2.24) is 19.9 Å². The number of halogens is 3. The molecule has 0 amide bonds. The molecule has 4 nitrogen and oxygen atoms in total. The summed E-state index contributed by atoms with van der Waals surface area (Å²) in [6.07, 6.45) is 0.950. The van der Waals surface area contributed by atoms with Crippen molar-refractivity contribution < 1.29 is 0 Å². The van der Waals surface area contributed by atoms with Crippen LogP contribution in [0.15, 0.2) is 12.1 Å². The molecule has 2 aromatic rings. The molecule has 0 radical (unpaired) electrons. The standard InChI is InChI=1S/C10H12Cl2N4.ClH/c1-3-6(13-2)7-4-10-14-8(11)5-9(12)16(10)15-7;/h4-6,13H,3H2,1-2H3;1H. The van der Waals surface area contributed by atoms with Gasteiger partial charge in [-0.25, -0.2) is 9.50 Å². The Morgan fingerprint density at radius 2 is 2.12 bits per heavy atom. The molecule has 0 fully saturated rings. The van der Waals surface area contributed by atoms with Gasteiger partial charge in [-0.15, -0.1) is 12.4 Å². The van der Waals surface area contributed by atoms with E-state index in [0.717, 1.165) is 12.1 Å². The van der Waals surface area contributed by atoms with Crippen LogP contribution in [0.5, 0.6) is 0 Å². The molecule has 2 rings (SSSR count). The highest BCUT2D eigenvalue weighted by molar-refractivity contribution is 6.33. The van der Waals surface area contributed by atoms with Gasteiger partial charge in [-0.3, -0.25) is 0 Å². The Labute approximate surface area is 116 Å². The summed E-state index contributed by atoms with van der Waals surface area (Å²) < 4.78 is 1.59. The molecule has 0 spiro atoms. The smallest absolute Gasteiger partial charge is 0.158 e. The molecule has 0 saturated heterocycles. The second kappa shape index (κ2) is 5.87. The van der Waals surface area contributed by atoms with E-state index in [1.807, 2.05) is 13.1 Å². The Kier molecular flexibility index (Phi) is 5.01. The molecular formula is C10H13Cl3N4. The Morgan fingerprint density at radius 1 is 1.41 bits per heavy atom. The fourth-order valence-electron chi connectivity index (χ4n) is 1.66. The molecule has 0 aliphatic rings. The molecule has 1 N–H and O–H groups in total. The Bertz CT molecular complexity index is 507. The van der Waals surface area contributed by atoms with Crippen LogP contribution >= 0.6 is 35.6 Å². The van der Waals surface area contributed by atoms with Gasteiger partial charge in [0.1, 0.15) is 10.3 Å². The summed E-state index contributed by atoms with van der Waals surface area (Å²) in [7, 11) is 1.90. The SMILES string of the molecule is CCC(NC)c1cc2nc(Cl)cc(Cl)n2n1.Cl. The highest BCUT2D eigenvalue weighted by atomic mass is 35.5. The summed E-state index contributed by atoms with van der Waals surface area (Å²) >= 11 is 11.9. The average molecular weight is 296 g/mol. The van der Waals surface area contributed by atoms with Gasteiger partial charge in [-0.2, -0.15) is 5.10 Å². The van der Waals surface area contributed by atoms with Gasteiger partial charge in [0.05, 0.1) is 11.7 Å². The Morgan fingerprint density at radius 3 is 2.71 bits per heavy atom. The van der Waals surface area contributed by atoms with E-state index in [1.54, 1.807) is 10.6 Å². The first-order valence-corrected chi connectivity index (χ1v) is 5.80. The van der Waals surface area contributed by atoms with Crippen LogP contribution in [0.4, 0.5) is 0 Å². The zero-order valence-corrected chi connectivity index (χ0v) is 11.8. The molecule has 0 saturated carbocycles. The molecule has 1 unspecified atom stereocenters. The third kappa shape index (κ3) is 2.83. The number of rotatable bonds is 3. The van der Waals surface area contributed by atoms with Crippen molar-refractivity contribution in [3.63, 3.8) is 0 Å². The van der Waals surface area contributed by atoms with E-state index in [9.17, 15) is 0 Å². The third-order valence-electron chi connectivity index (χ3n) is 2.49. The van der Waals surface area contributed by atoms with E-state index < -0.39 is 0 Å². The summed E-state index contributed by atoms with van der Waals surface area (Å²) in [5.41, 5.74) is 1.59. The molecule has 0 aliphatic carbocycles. The first kappa shape index (κ1) is 14.5. The monoisotopic (exact) mass is 294 g/mol. The van der Waals surface area contributed by atoms with Gasteiger partial charge in [0.15, 0.2) is 5.65 Å². The lowest BCUT2D eigenvalue weighted by molar-refractivity contribution is 0.557. The van der Waals surface area contributed by atoms with Crippen LogP contribution in [0.25, 0.3) is 5.65 Å². The van der Waals surface area contributed by atoms with Crippen molar-refractivity contribution >= 4 is 41.3 Å². The number of nitrogens with zero attached hydrogens (tertiary/aromatic N) is 3.